The van der Waals surface area contributed by atoms with Crippen LogP contribution in [0.1, 0.15) is 11.1 Å². The minimum atomic E-state index is 0.805. The molecule has 0 bridgehead atoms. The number of nitrogens with two attached hydrogens (primary N) is 1. The van der Waals surface area contributed by atoms with Gasteiger partial charge in [0.1, 0.15) is 5.75 Å². The van der Waals surface area contributed by atoms with E-state index in [4.69, 9.17) is 10.5 Å². The number of rotatable bonds is 5. The van der Waals surface area contributed by atoms with Gasteiger partial charge in [-0.1, -0.05) is 24.3 Å². The van der Waals surface area contributed by atoms with Crippen molar-refractivity contribution in [2.45, 2.75) is 13.1 Å². The zero-order chi connectivity index (χ0) is 13.7. The van der Waals surface area contributed by atoms with E-state index in [9.17, 15) is 0 Å². The molecule has 2 N–H and O–H groups in total. The van der Waals surface area contributed by atoms with Crippen LogP contribution in [0.15, 0.2) is 48.5 Å². The first-order valence-electron chi connectivity index (χ1n) is 6.33. The molecule has 0 atom stereocenters. The molecular weight excluding hydrogens is 236 g/mol. The molecule has 0 saturated carbocycles. The first-order chi connectivity index (χ1) is 9.17. The molecule has 19 heavy (non-hydrogen) atoms. The Morgan fingerprint density at radius 2 is 1.68 bits per heavy atom. The van der Waals surface area contributed by atoms with E-state index in [0.29, 0.717) is 0 Å². The van der Waals surface area contributed by atoms with E-state index in [-0.39, 0.29) is 0 Å². The van der Waals surface area contributed by atoms with Crippen molar-refractivity contribution in [1.82, 2.24) is 4.90 Å². The number of hydrogen-bond acceptors (Lipinski definition) is 3. The van der Waals surface area contributed by atoms with Crippen molar-refractivity contribution >= 4 is 5.69 Å². The Morgan fingerprint density at radius 3 is 2.37 bits per heavy atom. The number of hydrogen-bond donors (Lipinski definition) is 1. The Labute approximate surface area is 114 Å². The summed E-state index contributed by atoms with van der Waals surface area (Å²) in [7, 11) is 3.80. The number of anilines is 1. The Morgan fingerprint density at radius 1 is 1.00 bits per heavy atom. The van der Waals surface area contributed by atoms with Gasteiger partial charge in [-0.05, 0) is 42.4 Å². The third-order valence-corrected chi connectivity index (χ3v) is 3.02. The van der Waals surface area contributed by atoms with Crippen molar-refractivity contribution in [2.75, 3.05) is 19.9 Å². The maximum Gasteiger partial charge on any atom is 0.119 e. The second kappa shape index (κ2) is 6.25. The minimum Gasteiger partial charge on any atom is -0.497 e. The fourth-order valence-electron chi connectivity index (χ4n) is 2.07. The highest BCUT2D eigenvalue weighted by atomic mass is 16.5. The predicted octanol–water partition coefficient (Wildman–Crippen LogP) is 2.91. The lowest BCUT2D eigenvalue weighted by Gasteiger charge is -2.17. The molecular formula is C16H20N2O. The second-order valence-electron chi connectivity index (χ2n) is 4.77. The van der Waals surface area contributed by atoms with Crippen molar-refractivity contribution in [2.24, 2.45) is 0 Å². The number of methoxy groups -OCH3 is 1. The molecule has 0 unspecified atom stereocenters. The van der Waals surface area contributed by atoms with Gasteiger partial charge < -0.3 is 10.5 Å². The molecule has 3 heteroatoms. The molecule has 0 aliphatic heterocycles. The summed E-state index contributed by atoms with van der Waals surface area (Å²) in [5.74, 6) is 0.901. The van der Waals surface area contributed by atoms with E-state index in [1.54, 1.807) is 7.11 Å². The summed E-state index contributed by atoms with van der Waals surface area (Å²) in [6, 6.07) is 16.2. The maximum absolute atomic E-state index is 5.69. The van der Waals surface area contributed by atoms with Crippen LogP contribution < -0.4 is 10.5 Å². The summed E-state index contributed by atoms with van der Waals surface area (Å²) >= 11 is 0. The molecule has 2 aromatic rings. The van der Waals surface area contributed by atoms with Gasteiger partial charge in [0.2, 0.25) is 0 Å². The molecule has 0 saturated heterocycles. The number of benzene rings is 2. The van der Waals surface area contributed by atoms with Crippen LogP contribution >= 0.6 is 0 Å². The van der Waals surface area contributed by atoms with E-state index < -0.39 is 0 Å². The summed E-state index contributed by atoms with van der Waals surface area (Å²) in [4.78, 5) is 2.26. The third-order valence-electron chi connectivity index (χ3n) is 3.02. The Bertz CT molecular complexity index is 523. The first kappa shape index (κ1) is 13.4. The van der Waals surface area contributed by atoms with Crippen molar-refractivity contribution in [3.05, 3.63) is 59.7 Å². The molecule has 2 rings (SSSR count). The molecule has 0 spiro atoms. The van der Waals surface area contributed by atoms with Gasteiger partial charge in [-0.2, -0.15) is 0 Å². The van der Waals surface area contributed by atoms with Gasteiger partial charge in [-0.25, -0.2) is 0 Å². The van der Waals surface area contributed by atoms with Gasteiger partial charge in [0.15, 0.2) is 0 Å². The average molecular weight is 256 g/mol. The summed E-state index contributed by atoms with van der Waals surface area (Å²) in [5.41, 5.74) is 9.00. The van der Waals surface area contributed by atoms with Crippen molar-refractivity contribution < 1.29 is 4.74 Å². The molecule has 0 heterocycles. The van der Waals surface area contributed by atoms with Crippen LogP contribution in [0.2, 0.25) is 0 Å². The lowest BCUT2D eigenvalue weighted by Crippen LogP contribution is -2.17. The smallest absolute Gasteiger partial charge is 0.119 e. The fourth-order valence-corrected chi connectivity index (χ4v) is 2.07. The van der Waals surface area contributed by atoms with Crippen LogP contribution in [0, 0.1) is 0 Å². The standard InChI is InChI=1S/C16H20N2O/c1-18(11-13-6-8-15(17)9-7-13)12-14-4-3-5-16(10-14)19-2/h3-10H,11-12,17H2,1-2H3. The zero-order valence-electron chi connectivity index (χ0n) is 11.5. The first-order valence-corrected chi connectivity index (χ1v) is 6.33. The van der Waals surface area contributed by atoms with Crippen LogP contribution in [-0.4, -0.2) is 19.1 Å². The highest BCUT2D eigenvalue weighted by Crippen LogP contribution is 2.15. The van der Waals surface area contributed by atoms with Gasteiger partial charge in [-0.3, -0.25) is 4.90 Å². The van der Waals surface area contributed by atoms with Gasteiger partial charge in [0.05, 0.1) is 7.11 Å². The van der Waals surface area contributed by atoms with Crippen molar-refractivity contribution in [3.63, 3.8) is 0 Å². The predicted molar refractivity (Wildman–Crippen MR) is 79.0 cm³/mol. The van der Waals surface area contributed by atoms with Crippen LogP contribution in [0.3, 0.4) is 0 Å². The Hall–Kier alpha value is -2.00. The molecule has 0 amide bonds. The summed E-state index contributed by atoms with van der Waals surface area (Å²) in [6.07, 6.45) is 0. The lowest BCUT2D eigenvalue weighted by atomic mass is 10.1. The second-order valence-corrected chi connectivity index (χ2v) is 4.77. The molecule has 0 aliphatic carbocycles. The number of nitrogens with zero attached hydrogens (tertiary/aromatic N) is 1. The van der Waals surface area contributed by atoms with E-state index in [1.807, 2.05) is 24.3 Å². The van der Waals surface area contributed by atoms with E-state index >= 15 is 0 Å². The fraction of sp³-hybridized carbons (Fsp3) is 0.250. The van der Waals surface area contributed by atoms with Gasteiger partial charge >= 0.3 is 0 Å². The molecule has 100 valence electrons. The number of nitrogen functional groups attached to an aromatic ring is 1. The normalized spacial score (nSPS) is 10.7. The summed E-state index contributed by atoms with van der Waals surface area (Å²) in [5, 5.41) is 0. The monoisotopic (exact) mass is 256 g/mol. The van der Waals surface area contributed by atoms with Crippen molar-refractivity contribution in [1.29, 1.82) is 0 Å². The van der Waals surface area contributed by atoms with Crippen molar-refractivity contribution in [3.8, 4) is 5.75 Å². The highest BCUT2D eigenvalue weighted by Gasteiger charge is 2.03. The molecule has 0 aliphatic rings. The van der Waals surface area contributed by atoms with Crippen LogP contribution in [-0.2, 0) is 13.1 Å². The van der Waals surface area contributed by atoms with Crippen LogP contribution in [0.4, 0.5) is 5.69 Å². The average Bonchev–Trinajstić information content (AvgIpc) is 2.41. The molecule has 0 fully saturated rings. The van der Waals surface area contributed by atoms with Gasteiger partial charge in [0, 0.05) is 18.8 Å². The zero-order valence-corrected chi connectivity index (χ0v) is 11.5. The quantitative estimate of drug-likeness (QED) is 0.836. The van der Waals surface area contributed by atoms with Gasteiger partial charge in [0.25, 0.3) is 0 Å². The largest absolute Gasteiger partial charge is 0.497 e. The maximum atomic E-state index is 5.69. The third kappa shape index (κ3) is 4.00. The summed E-state index contributed by atoms with van der Waals surface area (Å²) < 4.78 is 5.24. The highest BCUT2D eigenvalue weighted by molar-refractivity contribution is 5.39. The van der Waals surface area contributed by atoms with E-state index in [0.717, 1.165) is 24.5 Å². The Kier molecular flexibility index (Phi) is 4.42. The Balaban J connectivity index is 1.96. The summed E-state index contributed by atoms with van der Waals surface area (Å²) in [6.45, 7) is 1.79. The molecule has 0 aromatic heterocycles. The lowest BCUT2D eigenvalue weighted by molar-refractivity contribution is 0.318. The van der Waals surface area contributed by atoms with Crippen LogP contribution in [0.5, 0.6) is 5.75 Å². The number of ether oxygens (including phenoxy) is 1. The minimum absolute atomic E-state index is 0.805. The van der Waals surface area contributed by atoms with Crippen LogP contribution in [0.25, 0.3) is 0 Å². The van der Waals surface area contributed by atoms with E-state index in [1.165, 1.54) is 11.1 Å². The molecule has 0 radical (unpaired) electrons. The van der Waals surface area contributed by atoms with Gasteiger partial charge in [-0.15, -0.1) is 0 Å². The van der Waals surface area contributed by atoms with E-state index in [2.05, 4.69) is 36.2 Å². The topological polar surface area (TPSA) is 38.5 Å². The SMILES string of the molecule is COc1cccc(CN(C)Cc2ccc(N)cc2)c1. The molecule has 3 nitrogen and oxygen atoms in total. The molecule has 2 aromatic carbocycles.